The number of halogens is 3. The highest BCUT2D eigenvalue weighted by molar-refractivity contribution is 8.01. The fourth-order valence-electron chi connectivity index (χ4n) is 4.65. The molecular weight excluding hydrogens is 511 g/mol. The monoisotopic (exact) mass is 539 g/mol. The Morgan fingerprint density at radius 2 is 1.61 bits per heavy atom. The molecule has 1 amide bonds. The van der Waals surface area contributed by atoms with Gasteiger partial charge in [-0.1, -0.05) is 67.8 Å². The Labute approximate surface area is 224 Å². The Kier molecular flexibility index (Phi) is 7.93. The molecule has 3 aromatic rings. The Morgan fingerprint density at radius 1 is 0.921 bits per heavy atom. The summed E-state index contributed by atoms with van der Waals surface area (Å²) in [6.07, 6.45) is 0.594. The fraction of sp³-hybridized carbons (Fsp3) is 0.310. The van der Waals surface area contributed by atoms with Gasteiger partial charge in [-0.05, 0) is 48.7 Å². The molecule has 38 heavy (non-hydrogen) atoms. The van der Waals surface area contributed by atoms with Gasteiger partial charge in [0.25, 0.3) is 5.91 Å². The zero-order valence-corrected chi connectivity index (χ0v) is 21.5. The molecular formula is C29H28F3N3O2S. The van der Waals surface area contributed by atoms with Gasteiger partial charge in [0.2, 0.25) is 0 Å². The van der Waals surface area contributed by atoms with Gasteiger partial charge in [0.15, 0.2) is 5.37 Å². The number of rotatable bonds is 7. The molecule has 0 bridgehead atoms. The third-order valence-corrected chi connectivity index (χ3v) is 7.91. The molecule has 0 saturated heterocycles. The van der Waals surface area contributed by atoms with Gasteiger partial charge in [-0.25, -0.2) is 10.0 Å². The van der Waals surface area contributed by atoms with Crippen LogP contribution < -0.4 is 10.2 Å². The molecule has 0 radical (unpaired) electrons. The number of amidine groups is 1. The van der Waals surface area contributed by atoms with Crippen LogP contribution in [0.25, 0.3) is 11.1 Å². The van der Waals surface area contributed by atoms with E-state index in [4.69, 9.17) is 4.74 Å². The Morgan fingerprint density at radius 3 is 2.29 bits per heavy atom. The van der Waals surface area contributed by atoms with E-state index in [1.165, 1.54) is 11.8 Å². The number of amides is 1. The molecule has 0 aromatic heterocycles. The molecule has 198 valence electrons. The fourth-order valence-corrected chi connectivity index (χ4v) is 6.03. The van der Waals surface area contributed by atoms with E-state index in [0.717, 1.165) is 43.2 Å². The average Bonchev–Trinajstić information content (AvgIpc) is 2.92. The molecule has 5 nitrogen and oxygen atoms in total. The van der Waals surface area contributed by atoms with Crippen molar-refractivity contribution in [3.8, 4) is 22.6 Å². The first-order valence-electron chi connectivity index (χ1n) is 12.7. The second kappa shape index (κ2) is 11.5. The van der Waals surface area contributed by atoms with Crippen LogP contribution in [-0.2, 0) is 4.79 Å². The van der Waals surface area contributed by atoms with Crippen LogP contribution in [0.5, 0.6) is 11.5 Å². The third-order valence-electron chi connectivity index (χ3n) is 6.48. The number of hydrogen-bond acceptors (Lipinski definition) is 5. The van der Waals surface area contributed by atoms with Crippen molar-refractivity contribution < 1.29 is 22.7 Å². The van der Waals surface area contributed by atoms with Crippen molar-refractivity contribution in [1.29, 1.82) is 0 Å². The van der Waals surface area contributed by atoms with Gasteiger partial charge in [0.05, 0.1) is 0 Å². The zero-order valence-electron chi connectivity index (χ0n) is 20.7. The molecule has 1 heterocycles. The van der Waals surface area contributed by atoms with Crippen molar-refractivity contribution in [3.63, 3.8) is 0 Å². The topological polar surface area (TPSA) is 53.9 Å². The summed E-state index contributed by atoms with van der Waals surface area (Å²) in [6.45, 7) is -1.40. The first-order valence-corrected chi connectivity index (χ1v) is 13.6. The number of carbonyl (C=O) groups is 1. The van der Waals surface area contributed by atoms with Crippen LogP contribution in [-0.4, -0.2) is 40.1 Å². The SMILES string of the molecule is O=C1C(SC2CCCCC2)N=C(c2ccc(Oc3ccccc3)c(-c3ccccc3)c2)NN1CC(F)(F)F. The lowest BCUT2D eigenvalue weighted by Gasteiger charge is -2.34. The van der Waals surface area contributed by atoms with E-state index >= 15 is 0 Å². The second-order valence-corrected chi connectivity index (χ2v) is 10.8. The van der Waals surface area contributed by atoms with E-state index < -0.39 is 24.0 Å². The van der Waals surface area contributed by atoms with Crippen molar-refractivity contribution >= 4 is 23.5 Å². The standard InChI is InChI=1S/C29H28F3N3O2S/c30-29(31,32)19-35-28(36)27(38-23-14-8-3-9-15-23)33-26(34-35)21-16-17-25(37-22-12-6-2-7-13-22)24(18-21)20-10-4-1-5-11-20/h1-2,4-7,10-13,16-18,23,27H,3,8-9,14-15,19H2,(H,33,34). The molecule has 1 saturated carbocycles. The van der Waals surface area contributed by atoms with Crippen LogP contribution in [0.4, 0.5) is 13.2 Å². The number of alkyl halides is 3. The first-order chi connectivity index (χ1) is 18.4. The number of nitrogens with zero attached hydrogens (tertiary/aromatic N) is 2. The summed E-state index contributed by atoms with van der Waals surface area (Å²) in [6, 6.07) is 24.3. The Balaban J connectivity index is 1.51. The Bertz CT molecular complexity index is 1280. The average molecular weight is 540 g/mol. The van der Waals surface area contributed by atoms with Gasteiger partial charge < -0.3 is 4.74 Å². The highest BCUT2D eigenvalue weighted by Gasteiger charge is 2.40. The molecule has 2 aliphatic rings. The highest BCUT2D eigenvalue weighted by Crippen LogP contribution is 2.36. The maximum Gasteiger partial charge on any atom is 0.408 e. The number of nitrogens with one attached hydrogen (secondary N) is 1. The van der Waals surface area contributed by atoms with Gasteiger partial charge in [0.1, 0.15) is 23.9 Å². The summed E-state index contributed by atoms with van der Waals surface area (Å²) < 4.78 is 46.3. The lowest BCUT2D eigenvalue weighted by molar-refractivity contribution is -0.165. The van der Waals surface area contributed by atoms with Crippen molar-refractivity contribution in [2.24, 2.45) is 4.99 Å². The number of hydrazine groups is 1. The molecule has 9 heteroatoms. The molecule has 1 fully saturated rings. The maximum absolute atomic E-state index is 13.4. The smallest absolute Gasteiger partial charge is 0.408 e. The highest BCUT2D eigenvalue weighted by atomic mass is 32.2. The predicted octanol–water partition coefficient (Wildman–Crippen LogP) is 7.19. The lowest BCUT2D eigenvalue weighted by atomic mass is 10.0. The zero-order chi connectivity index (χ0) is 26.5. The molecule has 0 spiro atoms. The first kappa shape index (κ1) is 26.2. The molecule has 3 aromatic carbocycles. The van der Waals surface area contributed by atoms with Gasteiger partial charge in [-0.3, -0.25) is 10.2 Å². The molecule has 1 aliphatic carbocycles. The van der Waals surface area contributed by atoms with Gasteiger partial charge in [-0.15, -0.1) is 11.8 Å². The van der Waals surface area contributed by atoms with Gasteiger partial charge in [0, 0.05) is 16.4 Å². The second-order valence-electron chi connectivity index (χ2n) is 9.37. The predicted molar refractivity (Wildman–Crippen MR) is 144 cm³/mol. The van der Waals surface area contributed by atoms with E-state index in [9.17, 15) is 18.0 Å². The number of hydrogen-bond donors (Lipinski definition) is 1. The van der Waals surface area contributed by atoms with Crippen LogP contribution in [0, 0.1) is 0 Å². The van der Waals surface area contributed by atoms with Crippen molar-refractivity contribution in [1.82, 2.24) is 10.4 Å². The molecule has 1 N–H and O–H groups in total. The molecule has 1 unspecified atom stereocenters. The summed E-state index contributed by atoms with van der Waals surface area (Å²) in [5.74, 6) is 0.815. The minimum absolute atomic E-state index is 0.204. The molecule has 1 aliphatic heterocycles. The third kappa shape index (κ3) is 6.51. The number of aliphatic imine (C=N–C) groups is 1. The molecule has 5 rings (SSSR count). The Hall–Kier alpha value is -3.46. The number of benzene rings is 3. The van der Waals surface area contributed by atoms with Gasteiger partial charge >= 0.3 is 6.18 Å². The summed E-state index contributed by atoms with van der Waals surface area (Å²) in [5.41, 5.74) is 4.86. The number of para-hydroxylation sites is 1. The summed E-state index contributed by atoms with van der Waals surface area (Å²) in [4.78, 5) is 17.6. The van der Waals surface area contributed by atoms with Gasteiger partial charge in [-0.2, -0.15) is 13.2 Å². The normalized spacial score (nSPS) is 18.6. The number of ether oxygens (including phenoxy) is 1. The van der Waals surface area contributed by atoms with Crippen LogP contribution in [0.1, 0.15) is 37.7 Å². The lowest BCUT2D eigenvalue weighted by Crippen LogP contribution is -2.56. The van der Waals surface area contributed by atoms with Crippen molar-refractivity contribution in [2.75, 3.05) is 6.54 Å². The van der Waals surface area contributed by atoms with Crippen molar-refractivity contribution in [3.05, 3.63) is 84.4 Å². The largest absolute Gasteiger partial charge is 0.457 e. The number of thioether (sulfide) groups is 1. The minimum atomic E-state index is -4.55. The van der Waals surface area contributed by atoms with Crippen LogP contribution in [0.3, 0.4) is 0 Å². The van der Waals surface area contributed by atoms with Crippen LogP contribution in [0.15, 0.2) is 83.9 Å². The summed E-state index contributed by atoms with van der Waals surface area (Å²) in [7, 11) is 0. The molecule has 1 atom stereocenters. The summed E-state index contributed by atoms with van der Waals surface area (Å²) >= 11 is 1.37. The number of carbonyl (C=O) groups excluding carboxylic acids is 1. The van der Waals surface area contributed by atoms with Crippen LogP contribution >= 0.6 is 11.8 Å². The maximum atomic E-state index is 13.4. The van der Waals surface area contributed by atoms with E-state index in [1.54, 1.807) is 12.1 Å². The minimum Gasteiger partial charge on any atom is -0.457 e. The van der Waals surface area contributed by atoms with Crippen LogP contribution in [0.2, 0.25) is 0 Å². The summed E-state index contributed by atoms with van der Waals surface area (Å²) in [5, 5.41) is -0.0773. The van der Waals surface area contributed by atoms with Crippen molar-refractivity contribution in [2.45, 2.75) is 48.9 Å². The van der Waals surface area contributed by atoms with E-state index in [0.29, 0.717) is 22.1 Å². The van der Waals surface area contributed by atoms with E-state index in [1.807, 2.05) is 66.7 Å². The van der Waals surface area contributed by atoms with E-state index in [2.05, 4.69) is 10.4 Å². The quantitative estimate of drug-likeness (QED) is 0.345. The van der Waals surface area contributed by atoms with E-state index in [-0.39, 0.29) is 11.1 Å².